The number of unbranched alkanes of at least 4 members (excludes halogenated alkanes) is 1. The first kappa shape index (κ1) is 22.8. The third-order valence-corrected chi connectivity index (χ3v) is 4.66. The van der Waals surface area contributed by atoms with E-state index in [0.717, 1.165) is 31.5 Å². The second-order valence-corrected chi connectivity index (χ2v) is 7.08. The maximum atomic E-state index is 13.8. The van der Waals surface area contributed by atoms with Gasteiger partial charge in [-0.3, -0.25) is 10.0 Å². The van der Waals surface area contributed by atoms with Gasteiger partial charge >= 0.3 is 0 Å². The Morgan fingerprint density at radius 2 is 1.72 bits per heavy atom. The third-order valence-electron chi connectivity index (χ3n) is 4.66. The molecule has 0 radical (unpaired) electrons. The van der Waals surface area contributed by atoms with E-state index < -0.39 is 12.0 Å². The van der Waals surface area contributed by atoms with Crippen molar-refractivity contribution in [2.24, 2.45) is 0 Å². The highest BCUT2D eigenvalue weighted by Gasteiger charge is 2.20. The molecular weight excluding hydrogens is 378 g/mol. The van der Waals surface area contributed by atoms with E-state index in [2.05, 4.69) is 5.32 Å². The standard InChI is InChI=1S/C22H28F2N2O3/c1-15-13-19(14-16(2)21(15)24)29-20(22(27)26-28)5-3-4-11-25-12-10-17-6-8-18(23)9-7-17/h6-9,13-14,20,25,28H,3-5,10-12H2,1-2H3,(H,26,27)/t20-/m1/s1. The molecule has 0 unspecified atom stereocenters. The van der Waals surface area contributed by atoms with Crippen LogP contribution in [0.1, 0.15) is 36.0 Å². The number of hydroxylamine groups is 1. The molecular formula is C22H28F2N2O3. The lowest BCUT2D eigenvalue weighted by Gasteiger charge is -2.18. The lowest BCUT2D eigenvalue weighted by Crippen LogP contribution is -2.36. The van der Waals surface area contributed by atoms with E-state index in [0.29, 0.717) is 29.7 Å². The van der Waals surface area contributed by atoms with Gasteiger partial charge in [-0.25, -0.2) is 14.3 Å². The third kappa shape index (κ3) is 7.44. The summed E-state index contributed by atoms with van der Waals surface area (Å²) in [6.45, 7) is 4.81. The quantitative estimate of drug-likeness (QED) is 0.301. The molecule has 0 saturated carbocycles. The molecule has 0 heterocycles. The maximum absolute atomic E-state index is 13.8. The van der Waals surface area contributed by atoms with Crippen LogP contribution in [-0.2, 0) is 11.2 Å². The van der Waals surface area contributed by atoms with Gasteiger partial charge in [0.15, 0.2) is 6.10 Å². The molecule has 2 rings (SSSR count). The average molecular weight is 406 g/mol. The lowest BCUT2D eigenvalue weighted by molar-refractivity contribution is -0.136. The van der Waals surface area contributed by atoms with Crippen molar-refractivity contribution in [2.45, 2.75) is 45.6 Å². The van der Waals surface area contributed by atoms with Gasteiger partial charge in [0, 0.05) is 0 Å². The molecule has 2 aromatic rings. The van der Waals surface area contributed by atoms with Crippen LogP contribution >= 0.6 is 0 Å². The number of benzene rings is 2. The fourth-order valence-corrected chi connectivity index (χ4v) is 3.04. The second kappa shape index (κ2) is 11.5. The summed E-state index contributed by atoms with van der Waals surface area (Å²) < 4.78 is 32.3. The first-order chi connectivity index (χ1) is 13.9. The fourth-order valence-electron chi connectivity index (χ4n) is 3.04. The van der Waals surface area contributed by atoms with Crippen LogP contribution in [-0.4, -0.2) is 30.3 Å². The van der Waals surface area contributed by atoms with E-state index in [1.807, 2.05) is 0 Å². The van der Waals surface area contributed by atoms with Gasteiger partial charge in [0.05, 0.1) is 0 Å². The molecule has 0 bridgehead atoms. The first-order valence-electron chi connectivity index (χ1n) is 9.73. The Balaban J connectivity index is 1.73. The number of aryl methyl sites for hydroxylation is 2. The van der Waals surface area contributed by atoms with Gasteiger partial charge in [0.25, 0.3) is 5.91 Å². The van der Waals surface area contributed by atoms with E-state index in [4.69, 9.17) is 9.94 Å². The van der Waals surface area contributed by atoms with Crippen LogP contribution in [0.25, 0.3) is 0 Å². The van der Waals surface area contributed by atoms with Crippen LogP contribution in [0.2, 0.25) is 0 Å². The molecule has 2 aromatic carbocycles. The van der Waals surface area contributed by atoms with Gasteiger partial charge in [-0.1, -0.05) is 12.1 Å². The topological polar surface area (TPSA) is 70.6 Å². The number of rotatable bonds is 11. The highest BCUT2D eigenvalue weighted by Crippen LogP contribution is 2.22. The summed E-state index contributed by atoms with van der Waals surface area (Å²) in [7, 11) is 0. The van der Waals surface area contributed by atoms with Gasteiger partial charge in [-0.15, -0.1) is 0 Å². The number of carbonyl (C=O) groups is 1. The number of carbonyl (C=O) groups excluding carboxylic acids is 1. The van der Waals surface area contributed by atoms with Crippen LogP contribution in [0.4, 0.5) is 8.78 Å². The van der Waals surface area contributed by atoms with Crippen molar-refractivity contribution < 1.29 is 23.5 Å². The normalized spacial score (nSPS) is 11.9. The number of ether oxygens (including phenoxy) is 1. The maximum Gasteiger partial charge on any atom is 0.284 e. The van der Waals surface area contributed by atoms with Crippen molar-refractivity contribution >= 4 is 5.91 Å². The van der Waals surface area contributed by atoms with Crippen LogP contribution in [0.15, 0.2) is 36.4 Å². The number of nitrogens with one attached hydrogen (secondary N) is 2. The largest absolute Gasteiger partial charge is 0.481 e. The van der Waals surface area contributed by atoms with Crippen molar-refractivity contribution in [1.29, 1.82) is 0 Å². The van der Waals surface area contributed by atoms with E-state index in [-0.39, 0.29) is 11.6 Å². The van der Waals surface area contributed by atoms with Crippen LogP contribution in [0.3, 0.4) is 0 Å². The van der Waals surface area contributed by atoms with Crippen molar-refractivity contribution in [1.82, 2.24) is 10.8 Å². The first-order valence-corrected chi connectivity index (χ1v) is 9.73. The highest BCUT2D eigenvalue weighted by molar-refractivity contribution is 5.79. The van der Waals surface area contributed by atoms with Crippen molar-refractivity contribution in [3.8, 4) is 5.75 Å². The lowest BCUT2D eigenvalue weighted by atomic mass is 10.1. The minimum absolute atomic E-state index is 0.239. The van der Waals surface area contributed by atoms with Gasteiger partial charge < -0.3 is 10.1 Å². The molecule has 3 N–H and O–H groups in total. The zero-order valence-electron chi connectivity index (χ0n) is 16.8. The van der Waals surface area contributed by atoms with E-state index in [1.54, 1.807) is 31.5 Å². The smallest absolute Gasteiger partial charge is 0.284 e. The summed E-state index contributed by atoms with van der Waals surface area (Å²) in [5.41, 5.74) is 3.57. The highest BCUT2D eigenvalue weighted by atomic mass is 19.1. The number of amides is 1. The number of halogens is 2. The molecule has 0 aromatic heterocycles. The Kier molecular flexibility index (Phi) is 9.02. The summed E-state index contributed by atoms with van der Waals surface area (Å²) in [4.78, 5) is 11.9. The fraction of sp³-hybridized carbons (Fsp3) is 0.409. The van der Waals surface area contributed by atoms with E-state index in [1.165, 1.54) is 24.3 Å². The molecule has 0 aliphatic heterocycles. The molecule has 7 heteroatoms. The molecule has 29 heavy (non-hydrogen) atoms. The Morgan fingerprint density at radius 1 is 1.07 bits per heavy atom. The molecule has 0 fully saturated rings. The Morgan fingerprint density at radius 3 is 2.34 bits per heavy atom. The van der Waals surface area contributed by atoms with Gasteiger partial charge in [0.2, 0.25) is 0 Å². The van der Waals surface area contributed by atoms with Gasteiger partial charge in [-0.05, 0) is 93.6 Å². The summed E-state index contributed by atoms with van der Waals surface area (Å²) in [6, 6.07) is 9.52. The molecule has 0 saturated heterocycles. The minimum Gasteiger partial charge on any atom is -0.481 e. The van der Waals surface area contributed by atoms with Crippen molar-refractivity contribution in [3.05, 3.63) is 64.7 Å². The van der Waals surface area contributed by atoms with Gasteiger partial charge in [-0.2, -0.15) is 0 Å². The molecule has 5 nitrogen and oxygen atoms in total. The predicted octanol–water partition coefficient (Wildman–Crippen LogP) is 3.84. The molecule has 0 aliphatic carbocycles. The Labute approximate surface area is 170 Å². The summed E-state index contributed by atoms with van der Waals surface area (Å²) in [5, 5.41) is 12.3. The monoisotopic (exact) mass is 406 g/mol. The Hall–Kier alpha value is -2.51. The van der Waals surface area contributed by atoms with Crippen LogP contribution < -0.4 is 15.5 Å². The number of hydrogen-bond acceptors (Lipinski definition) is 4. The second-order valence-electron chi connectivity index (χ2n) is 7.08. The number of hydrogen-bond donors (Lipinski definition) is 3. The molecule has 0 spiro atoms. The van der Waals surface area contributed by atoms with E-state index >= 15 is 0 Å². The van der Waals surface area contributed by atoms with E-state index in [9.17, 15) is 13.6 Å². The zero-order valence-corrected chi connectivity index (χ0v) is 16.8. The Bertz CT molecular complexity index is 774. The minimum atomic E-state index is -0.858. The van der Waals surface area contributed by atoms with Crippen LogP contribution in [0, 0.1) is 25.5 Å². The van der Waals surface area contributed by atoms with Crippen molar-refractivity contribution in [2.75, 3.05) is 13.1 Å². The van der Waals surface area contributed by atoms with Crippen LogP contribution in [0.5, 0.6) is 5.75 Å². The van der Waals surface area contributed by atoms with Gasteiger partial charge in [0.1, 0.15) is 17.4 Å². The van der Waals surface area contributed by atoms with Crippen molar-refractivity contribution in [3.63, 3.8) is 0 Å². The SMILES string of the molecule is Cc1cc(O[C@H](CCCCNCCc2ccc(F)cc2)C(=O)NO)cc(C)c1F. The summed E-state index contributed by atoms with van der Waals surface area (Å²) in [5.74, 6) is -0.773. The molecule has 0 aliphatic rings. The predicted molar refractivity (Wildman–Crippen MR) is 107 cm³/mol. The zero-order chi connectivity index (χ0) is 21.2. The molecule has 1 amide bonds. The summed E-state index contributed by atoms with van der Waals surface area (Å²) in [6.07, 6.45) is 1.90. The summed E-state index contributed by atoms with van der Waals surface area (Å²) >= 11 is 0. The molecule has 158 valence electrons. The molecule has 1 atom stereocenters. The average Bonchev–Trinajstić information content (AvgIpc) is 2.71.